The summed E-state index contributed by atoms with van der Waals surface area (Å²) in [4.78, 5) is 0.0198. The van der Waals surface area contributed by atoms with Gasteiger partial charge in [0.1, 0.15) is 5.75 Å². The molecule has 6 heteroatoms. The second kappa shape index (κ2) is 5.83. The molecule has 0 aliphatic heterocycles. The number of phenolic OH excluding ortho intramolecular Hbond substituents is 1. The third-order valence-corrected chi connectivity index (χ3v) is 4.58. The Kier molecular flexibility index (Phi) is 4.32. The van der Waals surface area contributed by atoms with Gasteiger partial charge in [-0.15, -0.1) is 0 Å². The van der Waals surface area contributed by atoms with Crippen molar-refractivity contribution in [3.63, 3.8) is 0 Å². The number of rotatable bonds is 4. The molecule has 106 valence electrons. The summed E-state index contributed by atoms with van der Waals surface area (Å²) in [6, 6.07) is 12.1. The van der Waals surface area contributed by atoms with Crippen molar-refractivity contribution in [1.82, 2.24) is 4.72 Å². The van der Waals surface area contributed by atoms with E-state index >= 15 is 0 Å². The fourth-order valence-electron chi connectivity index (χ4n) is 1.80. The Hall–Kier alpha value is -1.56. The Morgan fingerprint density at radius 2 is 1.85 bits per heavy atom. The van der Waals surface area contributed by atoms with Gasteiger partial charge in [-0.1, -0.05) is 29.8 Å². The number of sulfonamides is 1. The summed E-state index contributed by atoms with van der Waals surface area (Å²) < 4.78 is 26.9. The first-order valence-corrected chi connectivity index (χ1v) is 7.81. The summed E-state index contributed by atoms with van der Waals surface area (Å²) in [5.41, 5.74) is 0.765. The van der Waals surface area contributed by atoms with Crippen LogP contribution in [-0.2, 0) is 10.0 Å². The number of benzene rings is 2. The molecule has 0 aromatic heterocycles. The van der Waals surface area contributed by atoms with E-state index in [1.807, 2.05) is 0 Å². The third kappa shape index (κ3) is 3.50. The Balaban J connectivity index is 2.24. The maximum atomic E-state index is 12.2. The highest BCUT2D eigenvalue weighted by molar-refractivity contribution is 7.89. The number of halogens is 1. The van der Waals surface area contributed by atoms with E-state index in [2.05, 4.69) is 4.72 Å². The van der Waals surface area contributed by atoms with Gasteiger partial charge in [0.2, 0.25) is 10.0 Å². The monoisotopic (exact) mass is 311 g/mol. The molecule has 0 fully saturated rings. The van der Waals surface area contributed by atoms with Crippen molar-refractivity contribution < 1.29 is 13.5 Å². The van der Waals surface area contributed by atoms with Crippen LogP contribution in [0, 0.1) is 0 Å². The van der Waals surface area contributed by atoms with Crippen LogP contribution in [-0.4, -0.2) is 13.5 Å². The van der Waals surface area contributed by atoms with E-state index in [1.54, 1.807) is 31.2 Å². The topological polar surface area (TPSA) is 66.4 Å². The van der Waals surface area contributed by atoms with Crippen LogP contribution in [0.4, 0.5) is 0 Å². The summed E-state index contributed by atoms with van der Waals surface area (Å²) in [5.74, 6) is -0.0942. The summed E-state index contributed by atoms with van der Waals surface area (Å²) in [6.07, 6.45) is 0. The second-order valence-corrected chi connectivity index (χ2v) is 6.55. The van der Waals surface area contributed by atoms with Crippen molar-refractivity contribution >= 4 is 21.6 Å². The lowest BCUT2D eigenvalue weighted by Crippen LogP contribution is -2.26. The zero-order valence-electron chi connectivity index (χ0n) is 10.7. The Morgan fingerprint density at radius 3 is 2.50 bits per heavy atom. The van der Waals surface area contributed by atoms with Crippen molar-refractivity contribution in [2.45, 2.75) is 17.9 Å². The molecule has 2 aromatic rings. The van der Waals surface area contributed by atoms with Gasteiger partial charge in [0.05, 0.1) is 4.90 Å². The molecule has 0 spiro atoms. The molecule has 0 aliphatic carbocycles. The maximum Gasteiger partial charge on any atom is 0.241 e. The lowest BCUT2D eigenvalue weighted by molar-refractivity contribution is 0.473. The quantitative estimate of drug-likeness (QED) is 0.912. The standard InChI is InChI=1S/C14H14ClNO3S/c1-10(11-4-2-5-12(15)8-11)16-20(18,19)14-7-3-6-13(17)9-14/h2-10,16-17H,1H3. The molecule has 0 saturated carbocycles. The number of phenols is 1. The first-order chi connectivity index (χ1) is 9.38. The maximum absolute atomic E-state index is 12.2. The van der Waals surface area contributed by atoms with Crippen LogP contribution in [0.1, 0.15) is 18.5 Å². The first kappa shape index (κ1) is 14.8. The molecule has 1 atom stereocenters. The van der Waals surface area contributed by atoms with Crippen molar-refractivity contribution in [3.8, 4) is 5.75 Å². The van der Waals surface area contributed by atoms with E-state index in [4.69, 9.17) is 11.6 Å². The molecular formula is C14H14ClNO3S. The highest BCUT2D eigenvalue weighted by Gasteiger charge is 2.18. The van der Waals surface area contributed by atoms with Gasteiger partial charge in [0, 0.05) is 11.1 Å². The van der Waals surface area contributed by atoms with Crippen LogP contribution in [0.5, 0.6) is 5.75 Å². The van der Waals surface area contributed by atoms with Gasteiger partial charge < -0.3 is 5.11 Å². The van der Waals surface area contributed by atoms with Gasteiger partial charge >= 0.3 is 0 Å². The summed E-state index contributed by atoms with van der Waals surface area (Å²) in [6.45, 7) is 1.73. The summed E-state index contributed by atoms with van der Waals surface area (Å²) in [7, 11) is -3.70. The average Bonchev–Trinajstić information content (AvgIpc) is 2.38. The van der Waals surface area contributed by atoms with E-state index in [1.165, 1.54) is 24.3 Å². The highest BCUT2D eigenvalue weighted by Crippen LogP contribution is 2.21. The van der Waals surface area contributed by atoms with Crippen LogP contribution in [0.2, 0.25) is 5.02 Å². The SMILES string of the molecule is CC(NS(=O)(=O)c1cccc(O)c1)c1cccc(Cl)c1. The summed E-state index contributed by atoms with van der Waals surface area (Å²) >= 11 is 5.89. The highest BCUT2D eigenvalue weighted by atomic mass is 35.5. The van der Waals surface area contributed by atoms with Gasteiger partial charge in [0.25, 0.3) is 0 Å². The van der Waals surface area contributed by atoms with Crippen LogP contribution in [0.25, 0.3) is 0 Å². The van der Waals surface area contributed by atoms with Gasteiger partial charge in [0.15, 0.2) is 0 Å². The minimum Gasteiger partial charge on any atom is -0.508 e. The molecule has 20 heavy (non-hydrogen) atoms. The molecule has 0 saturated heterocycles. The van der Waals surface area contributed by atoms with Crippen molar-refractivity contribution in [2.75, 3.05) is 0 Å². The number of hydrogen-bond donors (Lipinski definition) is 2. The van der Waals surface area contributed by atoms with Crippen LogP contribution >= 0.6 is 11.6 Å². The van der Waals surface area contributed by atoms with E-state index in [0.29, 0.717) is 5.02 Å². The largest absolute Gasteiger partial charge is 0.508 e. The molecule has 0 bridgehead atoms. The predicted octanol–water partition coefficient (Wildman–Crippen LogP) is 3.09. The van der Waals surface area contributed by atoms with Gasteiger partial charge in [-0.2, -0.15) is 0 Å². The Morgan fingerprint density at radius 1 is 1.15 bits per heavy atom. The lowest BCUT2D eigenvalue weighted by Gasteiger charge is -2.15. The van der Waals surface area contributed by atoms with Crippen LogP contribution < -0.4 is 4.72 Å². The van der Waals surface area contributed by atoms with E-state index in [9.17, 15) is 13.5 Å². The third-order valence-electron chi connectivity index (χ3n) is 2.81. The molecule has 1 unspecified atom stereocenters. The fourth-order valence-corrected chi connectivity index (χ4v) is 3.27. The van der Waals surface area contributed by atoms with E-state index in [-0.39, 0.29) is 10.6 Å². The fraction of sp³-hybridized carbons (Fsp3) is 0.143. The van der Waals surface area contributed by atoms with Gasteiger partial charge in [-0.05, 0) is 42.8 Å². The van der Waals surface area contributed by atoms with Crippen LogP contribution in [0.15, 0.2) is 53.4 Å². The molecule has 4 nitrogen and oxygen atoms in total. The minimum absolute atomic E-state index is 0.0198. The Labute approximate surface area is 123 Å². The van der Waals surface area contributed by atoms with Crippen molar-refractivity contribution in [3.05, 3.63) is 59.1 Å². The molecule has 0 aliphatic rings. The molecule has 2 aromatic carbocycles. The molecular weight excluding hydrogens is 298 g/mol. The van der Waals surface area contributed by atoms with Crippen LogP contribution in [0.3, 0.4) is 0 Å². The number of aromatic hydroxyl groups is 1. The number of hydrogen-bond acceptors (Lipinski definition) is 3. The number of nitrogens with one attached hydrogen (secondary N) is 1. The van der Waals surface area contributed by atoms with E-state index < -0.39 is 16.1 Å². The predicted molar refractivity (Wildman–Crippen MR) is 78.3 cm³/mol. The molecule has 0 heterocycles. The first-order valence-electron chi connectivity index (χ1n) is 5.95. The van der Waals surface area contributed by atoms with Crippen molar-refractivity contribution in [1.29, 1.82) is 0 Å². The minimum atomic E-state index is -3.70. The smallest absolute Gasteiger partial charge is 0.241 e. The zero-order valence-corrected chi connectivity index (χ0v) is 12.3. The van der Waals surface area contributed by atoms with Gasteiger partial charge in [-0.25, -0.2) is 13.1 Å². The molecule has 2 N–H and O–H groups in total. The molecule has 2 rings (SSSR count). The zero-order chi connectivity index (χ0) is 14.8. The summed E-state index contributed by atoms with van der Waals surface area (Å²) in [5, 5.41) is 9.90. The normalized spacial score (nSPS) is 13.1. The molecule has 0 amide bonds. The second-order valence-electron chi connectivity index (χ2n) is 4.40. The average molecular weight is 312 g/mol. The van der Waals surface area contributed by atoms with Crippen molar-refractivity contribution in [2.24, 2.45) is 0 Å². The molecule has 0 radical (unpaired) electrons. The van der Waals surface area contributed by atoms with Gasteiger partial charge in [-0.3, -0.25) is 0 Å². The lowest BCUT2D eigenvalue weighted by atomic mass is 10.1. The Bertz CT molecular complexity index is 716. The van der Waals surface area contributed by atoms with E-state index in [0.717, 1.165) is 5.56 Å².